The predicted octanol–water partition coefficient (Wildman–Crippen LogP) is 4.13. The molecule has 0 aromatic heterocycles. The molecule has 0 aliphatic heterocycles. The van der Waals surface area contributed by atoms with Gasteiger partial charge in [0.2, 0.25) is 0 Å². The van der Waals surface area contributed by atoms with E-state index in [-0.39, 0.29) is 8.07 Å². The first-order valence-electron chi connectivity index (χ1n) is 6.63. The topological polar surface area (TPSA) is 12.0 Å². The van der Waals surface area contributed by atoms with E-state index in [0.717, 1.165) is 10.6 Å². The van der Waals surface area contributed by atoms with Crippen molar-refractivity contribution in [1.29, 1.82) is 0 Å². The molecule has 2 fully saturated rings. The largest absolute Gasteiger partial charge is 0.298 e. The van der Waals surface area contributed by atoms with Gasteiger partial charge in [0.1, 0.15) is 0 Å². The minimum absolute atomic E-state index is 0.101. The van der Waals surface area contributed by atoms with Gasteiger partial charge in [0.25, 0.3) is 0 Å². The average molecular weight is 227 g/mol. The van der Waals surface area contributed by atoms with Crippen LogP contribution < -0.4 is 5.09 Å². The molecule has 0 aromatic rings. The molecule has 0 saturated heterocycles. The van der Waals surface area contributed by atoms with Crippen LogP contribution in [0.2, 0.25) is 0 Å². The summed E-state index contributed by atoms with van der Waals surface area (Å²) in [7, 11) is 2.30. The molecule has 2 aliphatic rings. The molecule has 2 aliphatic carbocycles. The van der Waals surface area contributed by atoms with Crippen molar-refractivity contribution < 1.29 is 0 Å². The van der Waals surface area contributed by atoms with E-state index in [9.17, 15) is 0 Å². The molecule has 0 radical (unpaired) electrons. The molecule has 1 nitrogen and oxygen atoms in total. The van der Waals surface area contributed by atoms with Crippen molar-refractivity contribution in [1.82, 2.24) is 5.09 Å². The minimum Gasteiger partial charge on any atom is -0.298 e. The number of fused-ring (bicyclic) bond motifs is 1. The van der Waals surface area contributed by atoms with Crippen molar-refractivity contribution in [3.05, 3.63) is 0 Å². The zero-order valence-electron chi connectivity index (χ0n) is 10.6. The second kappa shape index (κ2) is 4.34. The van der Waals surface area contributed by atoms with Gasteiger partial charge in [-0.25, -0.2) is 0 Å². The summed E-state index contributed by atoms with van der Waals surface area (Å²) in [5.41, 5.74) is 0.718. The molecule has 3 atom stereocenters. The summed E-state index contributed by atoms with van der Waals surface area (Å²) in [6.45, 7) is 4.87. The molecule has 2 saturated carbocycles. The summed E-state index contributed by atoms with van der Waals surface area (Å²) in [5.74, 6) is 0. The summed E-state index contributed by atoms with van der Waals surface area (Å²) in [4.78, 5) is 0. The second-order valence-corrected chi connectivity index (χ2v) is 8.28. The van der Waals surface area contributed by atoms with Crippen LogP contribution in [0.3, 0.4) is 0 Å². The van der Waals surface area contributed by atoms with Crippen LogP contribution in [0.5, 0.6) is 0 Å². The molecule has 0 amide bonds. The Labute approximate surface area is 96.2 Å². The maximum atomic E-state index is 3.69. The Morgan fingerprint density at radius 1 is 1.20 bits per heavy atom. The quantitative estimate of drug-likeness (QED) is 0.696. The Morgan fingerprint density at radius 2 is 2.00 bits per heavy atom. The molecule has 0 spiro atoms. The van der Waals surface area contributed by atoms with Crippen LogP contribution in [0.4, 0.5) is 0 Å². The molecule has 88 valence electrons. The molecular formula is C13H26NP. The first-order chi connectivity index (χ1) is 7.18. The zero-order valence-corrected chi connectivity index (χ0v) is 11.5. The highest BCUT2D eigenvalue weighted by atomic mass is 31.1. The highest BCUT2D eigenvalue weighted by molar-refractivity contribution is 7.57. The van der Waals surface area contributed by atoms with Gasteiger partial charge in [0.05, 0.1) is 0 Å². The van der Waals surface area contributed by atoms with Crippen LogP contribution >= 0.6 is 8.07 Å². The van der Waals surface area contributed by atoms with E-state index in [0.29, 0.717) is 0 Å². The first kappa shape index (κ1) is 11.9. The Hall–Kier alpha value is 0.390. The van der Waals surface area contributed by atoms with Crippen molar-refractivity contribution in [2.45, 2.75) is 63.9 Å². The SMILES string of the molecule is CCCCP(NC)C12CCCC1(C)CC2. The van der Waals surface area contributed by atoms with Crippen LogP contribution in [0, 0.1) is 5.41 Å². The van der Waals surface area contributed by atoms with E-state index in [1.165, 1.54) is 51.1 Å². The molecule has 2 heteroatoms. The monoisotopic (exact) mass is 227 g/mol. The van der Waals surface area contributed by atoms with Gasteiger partial charge in [0.15, 0.2) is 0 Å². The van der Waals surface area contributed by atoms with Crippen molar-refractivity contribution in [2.75, 3.05) is 13.2 Å². The number of unbranched alkanes of at least 4 members (excludes halogenated alkanes) is 1. The summed E-state index contributed by atoms with van der Waals surface area (Å²) in [6, 6.07) is 0. The average Bonchev–Trinajstić information content (AvgIpc) is 2.45. The number of hydrogen-bond acceptors (Lipinski definition) is 1. The lowest BCUT2D eigenvalue weighted by Crippen LogP contribution is -2.51. The van der Waals surface area contributed by atoms with E-state index in [1.54, 1.807) is 0 Å². The highest BCUT2D eigenvalue weighted by Gasteiger charge is 2.61. The molecule has 15 heavy (non-hydrogen) atoms. The lowest BCUT2D eigenvalue weighted by molar-refractivity contribution is 0.116. The van der Waals surface area contributed by atoms with Crippen LogP contribution in [0.25, 0.3) is 0 Å². The summed E-state index contributed by atoms with van der Waals surface area (Å²) < 4.78 is 0. The van der Waals surface area contributed by atoms with E-state index in [1.807, 2.05) is 0 Å². The summed E-state index contributed by atoms with van der Waals surface area (Å²) in [5, 5.41) is 4.43. The fourth-order valence-electron chi connectivity index (χ4n) is 3.85. The Balaban J connectivity index is 2.06. The summed E-state index contributed by atoms with van der Waals surface area (Å²) >= 11 is 0. The van der Waals surface area contributed by atoms with E-state index in [4.69, 9.17) is 0 Å². The van der Waals surface area contributed by atoms with Gasteiger partial charge in [-0.05, 0) is 58.8 Å². The van der Waals surface area contributed by atoms with Crippen molar-refractivity contribution in [3.63, 3.8) is 0 Å². The van der Waals surface area contributed by atoms with Gasteiger partial charge in [-0.1, -0.05) is 26.7 Å². The maximum absolute atomic E-state index is 3.69. The predicted molar refractivity (Wildman–Crippen MR) is 69.7 cm³/mol. The third kappa shape index (κ3) is 1.67. The molecule has 1 N–H and O–H groups in total. The molecular weight excluding hydrogens is 201 g/mol. The van der Waals surface area contributed by atoms with Crippen molar-refractivity contribution in [3.8, 4) is 0 Å². The second-order valence-electron chi connectivity index (χ2n) is 5.67. The highest BCUT2D eigenvalue weighted by Crippen LogP contribution is 2.73. The van der Waals surface area contributed by atoms with E-state index >= 15 is 0 Å². The summed E-state index contributed by atoms with van der Waals surface area (Å²) in [6.07, 6.45) is 11.7. The standard InChI is InChI=1S/C13H26NP/c1-4-5-11-15(14-3)13-8-6-7-12(13,2)9-10-13/h14H,4-11H2,1-3H3. The number of hydrogen-bond donors (Lipinski definition) is 1. The van der Waals surface area contributed by atoms with Crippen LogP contribution in [-0.4, -0.2) is 18.4 Å². The fourth-order valence-corrected chi connectivity index (χ4v) is 7.24. The number of rotatable bonds is 5. The van der Waals surface area contributed by atoms with Gasteiger partial charge in [-0.15, -0.1) is 0 Å². The molecule has 2 rings (SSSR count). The van der Waals surface area contributed by atoms with Gasteiger partial charge >= 0.3 is 0 Å². The lowest BCUT2D eigenvalue weighted by atomic mass is 9.62. The van der Waals surface area contributed by atoms with Gasteiger partial charge in [-0.2, -0.15) is 0 Å². The fraction of sp³-hybridized carbons (Fsp3) is 1.00. The zero-order chi connectivity index (χ0) is 10.9. The Morgan fingerprint density at radius 3 is 2.47 bits per heavy atom. The normalized spacial score (nSPS) is 41.0. The van der Waals surface area contributed by atoms with E-state index in [2.05, 4.69) is 26.0 Å². The molecule has 0 aromatic carbocycles. The van der Waals surface area contributed by atoms with Crippen LogP contribution in [0.15, 0.2) is 0 Å². The van der Waals surface area contributed by atoms with Crippen molar-refractivity contribution >= 4 is 8.07 Å². The third-order valence-corrected chi connectivity index (χ3v) is 8.38. The smallest absolute Gasteiger partial charge is 0.00895 e. The lowest BCUT2D eigenvalue weighted by Gasteiger charge is -2.58. The maximum Gasteiger partial charge on any atom is 0.00895 e. The Bertz CT molecular complexity index is 231. The first-order valence-corrected chi connectivity index (χ1v) is 8.16. The van der Waals surface area contributed by atoms with Gasteiger partial charge < -0.3 is 0 Å². The third-order valence-electron chi connectivity index (χ3n) is 5.05. The van der Waals surface area contributed by atoms with Gasteiger partial charge in [-0.3, -0.25) is 5.09 Å². The van der Waals surface area contributed by atoms with Crippen molar-refractivity contribution in [2.24, 2.45) is 5.41 Å². The molecule has 3 unspecified atom stereocenters. The number of nitrogens with one attached hydrogen (secondary N) is 1. The molecule has 0 heterocycles. The molecule has 0 bridgehead atoms. The van der Waals surface area contributed by atoms with Crippen LogP contribution in [-0.2, 0) is 0 Å². The van der Waals surface area contributed by atoms with Crippen LogP contribution in [0.1, 0.15) is 58.8 Å². The minimum atomic E-state index is 0.101. The Kier molecular flexibility index (Phi) is 3.43. The van der Waals surface area contributed by atoms with Gasteiger partial charge in [0, 0.05) is 5.16 Å². The van der Waals surface area contributed by atoms with E-state index < -0.39 is 0 Å².